The fourth-order valence-electron chi connectivity index (χ4n) is 1.87. The summed E-state index contributed by atoms with van der Waals surface area (Å²) in [4.78, 5) is 5.25. The topological polar surface area (TPSA) is 43.8 Å². The Morgan fingerprint density at radius 1 is 1.00 bits per heavy atom. The predicted molar refractivity (Wildman–Crippen MR) is 79.7 cm³/mol. The molecule has 20 heavy (non-hydrogen) atoms. The highest BCUT2D eigenvalue weighted by atomic mass is 32.2. The number of aromatic nitrogens is 2. The first-order chi connectivity index (χ1) is 9.74. The van der Waals surface area contributed by atoms with E-state index >= 15 is 0 Å². The summed E-state index contributed by atoms with van der Waals surface area (Å²) >= 11 is 1.45. The summed E-state index contributed by atoms with van der Waals surface area (Å²) < 4.78 is 15.7. The Kier molecular flexibility index (Phi) is 3.43. The minimum absolute atomic E-state index is 0.312. The molecule has 5 heteroatoms. The first-order valence-electron chi connectivity index (χ1n) is 6.07. The Morgan fingerprint density at radius 3 is 2.45 bits per heavy atom. The molecule has 0 aliphatic heterocycles. The molecule has 2 N–H and O–H groups in total. The van der Waals surface area contributed by atoms with Gasteiger partial charge in [0.25, 0.3) is 0 Å². The largest absolute Gasteiger partial charge is 0.382 e. The number of nitrogen functional groups attached to an aromatic ring is 1. The summed E-state index contributed by atoms with van der Waals surface area (Å²) in [6.45, 7) is 0. The average Bonchev–Trinajstić information content (AvgIpc) is 2.81. The van der Waals surface area contributed by atoms with Crippen molar-refractivity contribution in [1.29, 1.82) is 0 Å². The number of nitrogens with two attached hydrogens (primary N) is 1. The second kappa shape index (κ2) is 5.38. The Hall–Kier alpha value is -2.27. The average molecular weight is 285 g/mol. The molecule has 0 amide bonds. The van der Waals surface area contributed by atoms with Crippen LogP contribution in [0.3, 0.4) is 0 Å². The van der Waals surface area contributed by atoms with Crippen LogP contribution in [0.2, 0.25) is 0 Å². The normalized spacial score (nSPS) is 10.7. The molecule has 2 aromatic carbocycles. The number of imidazole rings is 1. The lowest BCUT2D eigenvalue weighted by Crippen LogP contribution is -1.93. The van der Waals surface area contributed by atoms with Crippen molar-refractivity contribution in [2.24, 2.45) is 0 Å². The van der Waals surface area contributed by atoms with Crippen molar-refractivity contribution in [1.82, 2.24) is 8.96 Å². The van der Waals surface area contributed by atoms with Crippen LogP contribution in [0.25, 0.3) is 11.4 Å². The van der Waals surface area contributed by atoms with Gasteiger partial charge in [-0.15, -0.1) is 0 Å². The third-order valence-electron chi connectivity index (χ3n) is 2.76. The smallest absolute Gasteiger partial charge is 0.155 e. The second-order valence-electron chi connectivity index (χ2n) is 4.20. The summed E-state index contributed by atoms with van der Waals surface area (Å²) in [5, 5.41) is 0. The van der Waals surface area contributed by atoms with E-state index in [9.17, 15) is 4.39 Å². The van der Waals surface area contributed by atoms with Crippen molar-refractivity contribution in [3.63, 3.8) is 0 Å². The lowest BCUT2D eigenvalue weighted by Gasteiger charge is -2.07. The van der Waals surface area contributed by atoms with E-state index in [0.717, 1.165) is 4.90 Å². The van der Waals surface area contributed by atoms with E-state index in [1.807, 2.05) is 30.3 Å². The van der Waals surface area contributed by atoms with Crippen LogP contribution in [0.1, 0.15) is 0 Å². The molecule has 100 valence electrons. The van der Waals surface area contributed by atoms with Gasteiger partial charge >= 0.3 is 0 Å². The van der Waals surface area contributed by atoms with Crippen molar-refractivity contribution in [2.45, 2.75) is 4.90 Å². The molecule has 0 spiro atoms. The molecule has 1 aromatic heterocycles. The number of rotatable bonds is 3. The van der Waals surface area contributed by atoms with Gasteiger partial charge in [-0.05, 0) is 36.2 Å². The van der Waals surface area contributed by atoms with Crippen LogP contribution in [-0.4, -0.2) is 8.96 Å². The van der Waals surface area contributed by atoms with Gasteiger partial charge in [0.2, 0.25) is 0 Å². The zero-order chi connectivity index (χ0) is 13.9. The summed E-state index contributed by atoms with van der Waals surface area (Å²) in [5.41, 5.74) is 6.19. The van der Waals surface area contributed by atoms with E-state index in [0.29, 0.717) is 17.2 Å². The number of hydrogen-bond donors (Lipinski definition) is 1. The summed E-state index contributed by atoms with van der Waals surface area (Å²) in [5.74, 6) is 0.564. The molecule has 3 aromatic rings. The van der Waals surface area contributed by atoms with Crippen molar-refractivity contribution >= 4 is 17.8 Å². The molecule has 0 unspecified atom stereocenters. The van der Waals surface area contributed by atoms with Crippen molar-refractivity contribution in [3.8, 4) is 11.4 Å². The molecule has 0 saturated heterocycles. The zero-order valence-electron chi connectivity index (χ0n) is 10.5. The van der Waals surface area contributed by atoms with Crippen molar-refractivity contribution in [2.75, 3.05) is 5.73 Å². The molecular weight excluding hydrogens is 273 g/mol. The van der Waals surface area contributed by atoms with E-state index in [1.165, 1.54) is 18.0 Å². The summed E-state index contributed by atoms with van der Waals surface area (Å²) in [7, 11) is 0. The molecule has 0 bridgehead atoms. The SMILES string of the molecule is Nc1cn(Sc2ccccc2)c(-c2ccccc2F)n1. The predicted octanol–water partition coefficient (Wildman–Crippen LogP) is 3.83. The van der Waals surface area contributed by atoms with Crippen LogP contribution in [0, 0.1) is 5.82 Å². The lowest BCUT2D eigenvalue weighted by atomic mass is 10.2. The minimum atomic E-state index is -0.312. The Morgan fingerprint density at radius 2 is 1.70 bits per heavy atom. The quantitative estimate of drug-likeness (QED) is 0.795. The van der Waals surface area contributed by atoms with Crippen LogP contribution >= 0.6 is 11.9 Å². The second-order valence-corrected chi connectivity index (χ2v) is 5.25. The van der Waals surface area contributed by atoms with Gasteiger partial charge in [-0.25, -0.2) is 9.37 Å². The zero-order valence-corrected chi connectivity index (χ0v) is 11.3. The lowest BCUT2D eigenvalue weighted by molar-refractivity contribution is 0.630. The van der Waals surface area contributed by atoms with Crippen LogP contribution in [-0.2, 0) is 0 Å². The minimum Gasteiger partial charge on any atom is -0.382 e. The Bertz CT molecular complexity index is 725. The third-order valence-corrected chi connectivity index (χ3v) is 3.71. The van der Waals surface area contributed by atoms with Gasteiger partial charge in [0.15, 0.2) is 5.82 Å². The van der Waals surface area contributed by atoms with Gasteiger partial charge in [-0.2, -0.15) is 0 Å². The number of halogens is 1. The van der Waals surface area contributed by atoms with E-state index in [2.05, 4.69) is 4.98 Å². The molecule has 0 atom stereocenters. The molecule has 0 saturated carbocycles. The molecule has 1 heterocycles. The van der Waals surface area contributed by atoms with Crippen molar-refractivity contribution < 1.29 is 4.39 Å². The Labute approximate surface area is 120 Å². The monoisotopic (exact) mass is 285 g/mol. The van der Waals surface area contributed by atoms with E-state index in [4.69, 9.17) is 5.73 Å². The van der Waals surface area contributed by atoms with Crippen molar-refractivity contribution in [3.05, 3.63) is 66.6 Å². The van der Waals surface area contributed by atoms with Gasteiger partial charge in [0.05, 0.1) is 11.8 Å². The van der Waals surface area contributed by atoms with Gasteiger partial charge in [0, 0.05) is 4.90 Å². The fourth-order valence-corrected chi connectivity index (χ4v) is 2.76. The molecular formula is C15H12FN3S. The van der Waals surface area contributed by atoms with E-state index in [1.54, 1.807) is 28.4 Å². The molecule has 0 radical (unpaired) electrons. The molecule has 0 aliphatic rings. The standard InChI is InChI=1S/C15H12FN3S/c16-13-9-5-4-8-12(13)15-18-14(17)10-19(15)20-11-6-2-1-3-7-11/h1-10H,17H2. The Balaban J connectivity index is 2.03. The van der Waals surface area contributed by atoms with Crippen LogP contribution in [0.5, 0.6) is 0 Å². The fraction of sp³-hybridized carbons (Fsp3) is 0. The molecule has 3 nitrogen and oxygen atoms in total. The highest BCUT2D eigenvalue weighted by Crippen LogP contribution is 2.30. The van der Waals surface area contributed by atoms with Gasteiger partial charge in [0.1, 0.15) is 11.6 Å². The first kappa shape index (κ1) is 12.7. The highest BCUT2D eigenvalue weighted by molar-refractivity contribution is 7.98. The van der Waals surface area contributed by atoms with Crippen LogP contribution in [0.15, 0.2) is 65.7 Å². The number of anilines is 1. The summed E-state index contributed by atoms with van der Waals surface area (Å²) in [6, 6.07) is 16.3. The van der Waals surface area contributed by atoms with Crippen LogP contribution in [0.4, 0.5) is 10.2 Å². The number of hydrogen-bond acceptors (Lipinski definition) is 3. The van der Waals surface area contributed by atoms with Gasteiger partial charge < -0.3 is 5.73 Å². The summed E-state index contributed by atoms with van der Waals surface area (Å²) in [6.07, 6.45) is 1.69. The van der Waals surface area contributed by atoms with Gasteiger partial charge in [-0.1, -0.05) is 30.3 Å². The van der Waals surface area contributed by atoms with Crippen LogP contribution < -0.4 is 5.73 Å². The maximum absolute atomic E-state index is 13.9. The number of benzene rings is 2. The van der Waals surface area contributed by atoms with E-state index < -0.39 is 0 Å². The molecule has 3 rings (SSSR count). The highest BCUT2D eigenvalue weighted by Gasteiger charge is 2.13. The third kappa shape index (κ3) is 2.53. The first-order valence-corrected chi connectivity index (χ1v) is 6.84. The maximum atomic E-state index is 13.9. The molecule has 0 aliphatic carbocycles. The molecule has 0 fully saturated rings. The number of nitrogens with zero attached hydrogens (tertiary/aromatic N) is 2. The van der Waals surface area contributed by atoms with E-state index in [-0.39, 0.29) is 5.82 Å². The maximum Gasteiger partial charge on any atom is 0.155 e. The van der Waals surface area contributed by atoms with Gasteiger partial charge in [-0.3, -0.25) is 3.97 Å².